The standard InChI is InChI=1S/C22H22ClF3N4O2/c23-18-13-15(22(24,25)26)14-27-19(18)29-11-9-28(10-12-29)7-3-4-8-30-20(31)16-5-1-2-6-17(16)21(30)32/h1-2,5-6,13-14H,3-4,7-12H2. The average Bonchev–Trinajstić information content (AvgIpc) is 3.01. The smallest absolute Gasteiger partial charge is 0.353 e. The van der Waals surface area contributed by atoms with Gasteiger partial charge >= 0.3 is 6.18 Å². The Hall–Kier alpha value is -2.65. The maximum Gasteiger partial charge on any atom is 0.417 e. The number of alkyl halides is 3. The molecule has 1 saturated heterocycles. The molecule has 1 fully saturated rings. The second-order valence-corrected chi connectivity index (χ2v) is 8.28. The van der Waals surface area contributed by atoms with Gasteiger partial charge in [0.15, 0.2) is 0 Å². The number of pyridine rings is 1. The Balaban J connectivity index is 1.22. The van der Waals surface area contributed by atoms with Crippen LogP contribution in [0, 0.1) is 0 Å². The lowest BCUT2D eigenvalue weighted by Gasteiger charge is -2.35. The number of carbonyl (C=O) groups excluding carboxylic acids is 2. The van der Waals surface area contributed by atoms with Gasteiger partial charge in [0.05, 0.1) is 21.7 Å². The average molecular weight is 467 g/mol. The number of amides is 2. The van der Waals surface area contributed by atoms with E-state index >= 15 is 0 Å². The molecule has 2 amide bonds. The van der Waals surface area contributed by atoms with E-state index in [2.05, 4.69) is 9.88 Å². The summed E-state index contributed by atoms with van der Waals surface area (Å²) in [5.41, 5.74) is 0.0660. The van der Waals surface area contributed by atoms with E-state index in [1.165, 1.54) is 4.90 Å². The van der Waals surface area contributed by atoms with Gasteiger partial charge in [0.25, 0.3) is 11.8 Å². The predicted octanol–water partition coefficient (Wildman–Crippen LogP) is 3.95. The summed E-state index contributed by atoms with van der Waals surface area (Å²) >= 11 is 6.05. The summed E-state index contributed by atoms with van der Waals surface area (Å²) in [6.45, 7) is 3.87. The number of hydrogen-bond acceptors (Lipinski definition) is 5. The highest BCUT2D eigenvalue weighted by Crippen LogP contribution is 2.33. The van der Waals surface area contributed by atoms with E-state index in [1.54, 1.807) is 24.3 Å². The van der Waals surface area contributed by atoms with Crippen LogP contribution in [0.25, 0.3) is 0 Å². The van der Waals surface area contributed by atoms with Crippen molar-refractivity contribution in [3.8, 4) is 0 Å². The van der Waals surface area contributed by atoms with Crippen molar-refractivity contribution in [1.82, 2.24) is 14.8 Å². The van der Waals surface area contributed by atoms with Crippen LogP contribution >= 0.6 is 11.6 Å². The lowest BCUT2D eigenvalue weighted by Crippen LogP contribution is -2.47. The van der Waals surface area contributed by atoms with Crippen LogP contribution in [0.4, 0.5) is 19.0 Å². The first-order valence-electron chi connectivity index (χ1n) is 10.4. The number of benzene rings is 1. The molecule has 0 spiro atoms. The SMILES string of the molecule is O=C1c2ccccc2C(=O)N1CCCCN1CCN(c2ncc(C(F)(F)F)cc2Cl)CC1. The Morgan fingerprint density at radius 1 is 0.938 bits per heavy atom. The highest BCUT2D eigenvalue weighted by Gasteiger charge is 2.35. The largest absolute Gasteiger partial charge is 0.417 e. The molecule has 3 heterocycles. The lowest BCUT2D eigenvalue weighted by atomic mass is 10.1. The van der Waals surface area contributed by atoms with Crippen LogP contribution in [0.3, 0.4) is 0 Å². The number of halogens is 4. The van der Waals surface area contributed by atoms with Crippen LogP contribution in [-0.2, 0) is 6.18 Å². The molecule has 32 heavy (non-hydrogen) atoms. The van der Waals surface area contributed by atoms with Crippen molar-refractivity contribution >= 4 is 29.2 Å². The Labute approximate surface area is 188 Å². The highest BCUT2D eigenvalue weighted by atomic mass is 35.5. The highest BCUT2D eigenvalue weighted by molar-refractivity contribution is 6.33. The second kappa shape index (κ2) is 9.07. The maximum absolute atomic E-state index is 12.8. The van der Waals surface area contributed by atoms with Crippen molar-refractivity contribution in [2.24, 2.45) is 0 Å². The van der Waals surface area contributed by atoms with Crippen molar-refractivity contribution in [3.63, 3.8) is 0 Å². The number of fused-ring (bicyclic) bond motifs is 1. The van der Waals surface area contributed by atoms with Crippen molar-refractivity contribution in [2.45, 2.75) is 19.0 Å². The van der Waals surface area contributed by atoms with Gasteiger partial charge in [0.1, 0.15) is 5.82 Å². The molecule has 0 radical (unpaired) electrons. The molecule has 10 heteroatoms. The van der Waals surface area contributed by atoms with Gasteiger partial charge in [-0.15, -0.1) is 0 Å². The van der Waals surface area contributed by atoms with E-state index in [0.717, 1.165) is 38.3 Å². The van der Waals surface area contributed by atoms with E-state index in [1.807, 2.05) is 4.90 Å². The normalized spacial score (nSPS) is 17.2. The van der Waals surface area contributed by atoms with Crippen molar-refractivity contribution < 1.29 is 22.8 Å². The number of rotatable bonds is 6. The minimum Gasteiger partial charge on any atom is -0.353 e. The zero-order valence-corrected chi connectivity index (χ0v) is 18.0. The van der Waals surface area contributed by atoms with Crippen LogP contribution in [-0.4, -0.2) is 65.9 Å². The van der Waals surface area contributed by atoms with E-state index in [9.17, 15) is 22.8 Å². The topological polar surface area (TPSA) is 56.8 Å². The summed E-state index contributed by atoms with van der Waals surface area (Å²) in [7, 11) is 0. The maximum atomic E-state index is 12.8. The van der Waals surface area contributed by atoms with Crippen LogP contribution in [0.5, 0.6) is 0 Å². The van der Waals surface area contributed by atoms with Crippen LogP contribution < -0.4 is 4.90 Å². The van der Waals surface area contributed by atoms with Gasteiger partial charge in [-0.1, -0.05) is 23.7 Å². The summed E-state index contributed by atoms with van der Waals surface area (Å²) in [5, 5.41) is -0.00535. The molecule has 2 aliphatic heterocycles. The number of nitrogens with zero attached hydrogens (tertiary/aromatic N) is 4. The van der Waals surface area contributed by atoms with E-state index in [4.69, 9.17) is 11.6 Å². The summed E-state index contributed by atoms with van der Waals surface area (Å²) in [4.78, 5) is 34.1. The van der Waals surface area contributed by atoms with Gasteiger partial charge in [-0.2, -0.15) is 13.2 Å². The molecule has 0 saturated carbocycles. The summed E-state index contributed by atoms with van der Waals surface area (Å²) in [6, 6.07) is 7.76. The molecule has 0 N–H and O–H groups in total. The number of anilines is 1. The van der Waals surface area contributed by atoms with Crippen LogP contribution in [0.15, 0.2) is 36.5 Å². The molecule has 6 nitrogen and oxygen atoms in total. The molecule has 0 unspecified atom stereocenters. The van der Waals surface area contributed by atoms with Gasteiger partial charge in [-0.25, -0.2) is 4.98 Å². The Morgan fingerprint density at radius 2 is 1.53 bits per heavy atom. The molecule has 0 bridgehead atoms. The fourth-order valence-electron chi connectivity index (χ4n) is 4.05. The summed E-state index contributed by atoms with van der Waals surface area (Å²) in [6.07, 6.45) is -2.13. The Bertz CT molecular complexity index is 987. The third-order valence-electron chi connectivity index (χ3n) is 5.81. The number of piperazine rings is 1. The molecule has 1 aromatic heterocycles. The van der Waals surface area contributed by atoms with Crippen LogP contribution in [0.2, 0.25) is 5.02 Å². The van der Waals surface area contributed by atoms with E-state index < -0.39 is 11.7 Å². The first kappa shape index (κ1) is 22.5. The van der Waals surface area contributed by atoms with E-state index in [-0.39, 0.29) is 16.8 Å². The fraction of sp³-hybridized carbons (Fsp3) is 0.409. The van der Waals surface area contributed by atoms with Crippen molar-refractivity contribution in [3.05, 3.63) is 58.2 Å². The third kappa shape index (κ3) is 4.59. The van der Waals surface area contributed by atoms with Crippen molar-refractivity contribution in [2.75, 3.05) is 44.2 Å². The number of hydrogen-bond donors (Lipinski definition) is 0. The third-order valence-corrected chi connectivity index (χ3v) is 6.08. The summed E-state index contributed by atoms with van der Waals surface area (Å²) < 4.78 is 38.4. The van der Waals surface area contributed by atoms with Gasteiger partial charge in [0, 0.05) is 38.9 Å². The molecule has 0 atom stereocenters. The van der Waals surface area contributed by atoms with Gasteiger partial charge in [-0.05, 0) is 37.6 Å². The lowest BCUT2D eigenvalue weighted by molar-refractivity contribution is -0.137. The number of imide groups is 1. The molecule has 170 valence electrons. The number of carbonyl (C=O) groups is 2. The molecule has 4 rings (SSSR count). The first-order valence-corrected chi connectivity index (χ1v) is 10.8. The van der Waals surface area contributed by atoms with Gasteiger partial charge in [0.2, 0.25) is 0 Å². The molecule has 2 aromatic rings. The second-order valence-electron chi connectivity index (χ2n) is 7.87. The number of aromatic nitrogens is 1. The monoisotopic (exact) mass is 466 g/mol. The molecule has 2 aliphatic rings. The minimum absolute atomic E-state index is 0.00535. The molecular formula is C22H22ClF3N4O2. The zero-order valence-electron chi connectivity index (χ0n) is 17.2. The molecule has 0 aliphatic carbocycles. The van der Waals surface area contributed by atoms with Gasteiger partial charge in [-0.3, -0.25) is 19.4 Å². The Morgan fingerprint density at radius 3 is 2.09 bits per heavy atom. The molecule has 1 aromatic carbocycles. The Kier molecular flexibility index (Phi) is 6.39. The fourth-order valence-corrected chi connectivity index (χ4v) is 4.34. The first-order chi connectivity index (χ1) is 15.3. The predicted molar refractivity (Wildman–Crippen MR) is 114 cm³/mol. The zero-order chi connectivity index (χ0) is 22.9. The van der Waals surface area contributed by atoms with Crippen LogP contribution in [0.1, 0.15) is 39.1 Å². The van der Waals surface area contributed by atoms with E-state index in [0.29, 0.717) is 43.0 Å². The number of unbranched alkanes of at least 4 members (excludes halogenated alkanes) is 1. The van der Waals surface area contributed by atoms with Gasteiger partial charge < -0.3 is 4.90 Å². The van der Waals surface area contributed by atoms with Crippen molar-refractivity contribution in [1.29, 1.82) is 0 Å². The molecular weight excluding hydrogens is 445 g/mol. The summed E-state index contributed by atoms with van der Waals surface area (Å²) in [5.74, 6) is -0.106. The quantitative estimate of drug-likeness (QED) is 0.476. The minimum atomic E-state index is -4.47.